The number of rotatable bonds is 8. The van der Waals surface area contributed by atoms with Crippen molar-refractivity contribution in [2.24, 2.45) is 0 Å². The standard InChI is InChI=1S/C33H29N3O3/c1-22-8-10-23(11-9-22)20-36-32(26-14-18-28(19-15-26)39-21-24-6-4-3-5-7-24)29-30(34-35-31(29)33(36)37)25-12-16-27(38-2)17-13-25/h3-19,32H,20-21H2,1-2H3,(H,34,35). The number of ether oxygens (including phenoxy) is 2. The number of methoxy groups -OCH3 is 1. The molecule has 2 heterocycles. The molecule has 1 atom stereocenters. The quantitative estimate of drug-likeness (QED) is 0.249. The molecule has 1 aliphatic heterocycles. The topological polar surface area (TPSA) is 67.5 Å². The van der Waals surface area contributed by atoms with Gasteiger partial charge in [0.2, 0.25) is 0 Å². The molecular weight excluding hydrogens is 486 g/mol. The van der Waals surface area contributed by atoms with E-state index in [1.807, 2.05) is 83.8 Å². The molecule has 5 aromatic rings. The number of aromatic amines is 1. The first-order valence-electron chi connectivity index (χ1n) is 13.0. The Kier molecular flexibility index (Phi) is 6.59. The lowest BCUT2D eigenvalue weighted by atomic mass is 9.95. The van der Waals surface area contributed by atoms with Gasteiger partial charge in [-0.1, -0.05) is 72.3 Å². The Morgan fingerprint density at radius 2 is 1.51 bits per heavy atom. The number of nitrogens with one attached hydrogen (secondary N) is 1. The van der Waals surface area contributed by atoms with Crippen LogP contribution in [0, 0.1) is 6.92 Å². The minimum atomic E-state index is -0.298. The van der Waals surface area contributed by atoms with Gasteiger partial charge in [-0.3, -0.25) is 9.89 Å². The van der Waals surface area contributed by atoms with Crippen molar-refractivity contribution in [3.63, 3.8) is 0 Å². The monoisotopic (exact) mass is 515 g/mol. The Bertz CT molecular complexity index is 1570. The van der Waals surface area contributed by atoms with Crippen LogP contribution in [0.2, 0.25) is 0 Å². The van der Waals surface area contributed by atoms with E-state index in [2.05, 4.69) is 41.4 Å². The summed E-state index contributed by atoms with van der Waals surface area (Å²) in [7, 11) is 1.64. The lowest BCUT2D eigenvalue weighted by Gasteiger charge is -2.27. The second kappa shape index (κ2) is 10.5. The number of carbonyl (C=O) groups excluding carboxylic acids is 1. The van der Waals surface area contributed by atoms with E-state index in [1.165, 1.54) is 5.56 Å². The van der Waals surface area contributed by atoms with Crippen LogP contribution in [0.25, 0.3) is 11.3 Å². The van der Waals surface area contributed by atoms with Gasteiger partial charge in [-0.2, -0.15) is 5.10 Å². The molecule has 0 radical (unpaired) electrons. The van der Waals surface area contributed by atoms with Gasteiger partial charge in [0, 0.05) is 17.7 Å². The number of hydrogen-bond donors (Lipinski definition) is 1. The number of aryl methyl sites for hydroxylation is 1. The van der Waals surface area contributed by atoms with E-state index in [1.54, 1.807) is 7.11 Å². The number of nitrogens with zero attached hydrogens (tertiary/aromatic N) is 2. The second-order valence-corrected chi connectivity index (χ2v) is 9.75. The summed E-state index contributed by atoms with van der Waals surface area (Å²) < 4.78 is 11.4. The highest BCUT2D eigenvalue weighted by Gasteiger charge is 2.42. The molecule has 6 nitrogen and oxygen atoms in total. The van der Waals surface area contributed by atoms with Gasteiger partial charge in [0.05, 0.1) is 18.8 Å². The van der Waals surface area contributed by atoms with Crippen molar-refractivity contribution < 1.29 is 14.3 Å². The summed E-state index contributed by atoms with van der Waals surface area (Å²) in [5, 5.41) is 7.63. The van der Waals surface area contributed by atoms with Gasteiger partial charge in [0.25, 0.3) is 5.91 Å². The molecule has 6 rings (SSSR count). The first-order chi connectivity index (χ1) is 19.1. The molecular formula is C33H29N3O3. The Labute approximate surface area is 227 Å². The van der Waals surface area contributed by atoms with Crippen LogP contribution in [0.3, 0.4) is 0 Å². The molecule has 0 fully saturated rings. The van der Waals surface area contributed by atoms with Crippen molar-refractivity contribution in [2.75, 3.05) is 7.11 Å². The SMILES string of the molecule is COc1ccc(-c2n[nH]c3c2C(c2ccc(OCc4ccccc4)cc2)N(Cc2ccc(C)cc2)C3=O)cc1. The summed E-state index contributed by atoms with van der Waals surface area (Å²) in [6, 6.07) is 33.9. The molecule has 0 saturated heterocycles. The van der Waals surface area contributed by atoms with Crippen LogP contribution in [0.4, 0.5) is 0 Å². The number of carbonyl (C=O) groups is 1. The predicted octanol–water partition coefficient (Wildman–Crippen LogP) is 6.72. The Balaban J connectivity index is 1.35. The van der Waals surface area contributed by atoms with Crippen LogP contribution in [-0.4, -0.2) is 28.1 Å². The maximum absolute atomic E-state index is 13.7. The van der Waals surface area contributed by atoms with E-state index in [0.717, 1.165) is 45.0 Å². The summed E-state index contributed by atoms with van der Waals surface area (Å²) in [4.78, 5) is 15.7. The highest BCUT2D eigenvalue weighted by molar-refractivity contribution is 6.00. The van der Waals surface area contributed by atoms with Crippen molar-refractivity contribution in [2.45, 2.75) is 26.1 Å². The number of benzene rings is 4. The first kappa shape index (κ1) is 24.5. The zero-order valence-corrected chi connectivity index (χ0v) is 21.9. The summed E-state index contributed by atoms with van der Waals surface area (Å²) in [5.74, 6) is 1.48. The molecule has 1 amide bonds. The van der Waals surface area contributed by atoms with Crippen molar-refractivity contribution >= 4 is 5.91 Å². The van der Waals surface area contributed by atoms with Crippen LogP contribution in [0.1, 0.15) is 44.3 Å². The highest BCUT2D eigenvalue weighted by atomic mass is 16.5. The van der Waals surface area contributed by atoms with E-state index in [4.69, 9.17) is 9.47 Å². The molecule has 39 heavy (non-hydrogen) atoms. The predicted molar refractivity (Wildman–Crippen MR) is 151 cm³/mol. The largest absolute Gasteiger partial charge is 0.497 e. The Morgan fingerprint density at radius 3 is 2.21 bits per heavy atom. The number of aromatic nitrogens is 2. The second-order valence-electron chi connectivity index (χ2n) is 9.75. The van der Waals surface area contributed by atoms with Crippen LogP contribution in [0.5, 0.6) is 11.5 Å². The maximum Gasteiger partial charge on any atom is 0.273 e. The fourth-order valence-corrected chi connectivity index (χ4v) is 5.05. The third-order valence-corrected chi connectivity index (χ3v) is 7.14. The summed E-state index contributed by atoms with van der Waals surface area (Å²) in [6.45, 7) is 3.04. The van der Waals surface area contributed by atoms with Crippen molar-refractivity contribution in [3.8, 4) is 22.8 Å². The van der Waals surface area contributed by atoms with E-state index >= 15 is 0 Å². The third kappa shape index (κ3) is 4.89. The lowest BCUT2D eigenvalue weighted by Crippen LogP contribution is -2.29. The van der Waals surface area contributed by atoms with Crippen LogP contribution in [-0.2, 0) is 13.2 Å². The summed E-state index contributed by atoms with van der Waals surface area (Å²) >= 11 is 0. The Morgan fingerprint density at radius 1 is 0.821 bits per heavy atom. The van der Waals surface area contributed by atoms with Gasteiger partial charge in [-0.05, 0) is 60.0 Å². The smallest absolute Gasteiger partial charge is 0.273 e. The van der Waals surface area contributed by atoms with Crippen molar-refractivity contribution in [1.29, 1.82) is 0 Å². The van der Waals surface area contributed by atoms with Gasteiger partial charge >= 0.3 is 0 Å². The van der Waals surface area contributed by atoms with Crippen LogP contribution >= 0.6 is 0 Å². The average molecular weight is 516 g/mol. The highest BCUT2D eigenvalue weighted by Crippen LogP contribution is 2.44. The fourth-order valence-electron chi connectivity index (χ4n) is 5.05. The number of hydrogen-bond acceptors (Lipinski definition) is 4. The van der Waals surface area contributed by atoms with Crippen molar-refractivity contribution in [1.82, 2.24) is 15.1 Å². The number of H-pyrrole nitrogens is 1. The zero-order chi connectivity index (χ0) is 26.8. The molecule has 0 saturated carbocycles. The minimum absolute atomic E-state index is 0.0627. The van der Waals surface area contributed by atoms with E-state index in [9.17, 15) is 4.79 Å². The maximum atomic E-state index is 13.7. The summed E-state index contributed by atoms with van der Waals surface area (Å²) in [6.07, 6.45) is 0. The minimum Gasteiger partial charge on any atom is -0.497 e. The molecule has 194 valence electrons. The number of fused-ring (bicyclic) bond motifs is 1. The molecule has 4 aromatic carbocycles. The van der Waals surface area contributed by atoms with E-state index in [-0.39, 0.29) is 11.9 Å². The van der Waals surface area contributed by atoms with E-state index in [0.29, 0.717) is 18.8 Å². The first-order valence-corrected chi connectivity index (χ1v) is 13.0. The molecule has 6 heteroatoms. The normalized spacial score (nSPS) is 14.4. The lowest BCUT2D eigenvalue weighted by molar-refractivity contribution is 0.0730. The molecule has 0 spiro atoms. The molecule has 0 aliphatic carbocycles. The van der Waals surface area contributed by atoms with Gasteiger partial charge in [-0.15, -0.1) is 0 Å². The van der Waals surface area contributed by atoms with Gasteiger partial charge in [0.1, 0.15) is 23.8 Å². The third-order valence-electron chi connectivity index (χ3n) is 7.14. The fraction of sp³-hybridized carbons (Fsp3) is 0.152. The summed E-state index contributed by atoms with van der Waals surface area (Å²) in [5.41, 5.74) is 7.47. The molecule has 0 bridgehead atoms. The number of amides is 1. The Hall–Kier alpha value is -4.84. The van der Waals surface area contributed by atoms with Crippen molar-refractivity contribution in [3.05, 3.63) is 137 Å². The average Bonchev–Trinajstić information content (AvgIpc) is 3.53. The van der Waals surface area contributed by atoms with Gasteiger partial charge < -0.3 is 14.4 Å². The van der Waals surface area contributed by atoms with E-state index < -0.39 is 0 Å². The molecule has 1 N–H and O–H groups in total. The van der Waals surface area contributed by atoms with Crippen LogP contribution < -0.4 is 9.47 Å². The van der Waals surface area contributed by atoms with Crippen LogP contribution in [0.15, 0.2) is 103 Å². The zero-order valence-electron chi connectivity index (χ0n) is 21.9. The van der Waals surface area contributed by atoms with Gasteiger partial charge in [0.15, 0.2) is 0 Å². The molecule has 1 aliphatic rings. The van der Waals surface area contributed by atoms with Gasteiger partial charge in [-0.25, -0.2) is 0 Å². The molecule has 1 aromatic heterocycles. The molecule has 1 unspecified atom stereocenters.